The average molecular weight is 188 g/mol. The third-order valence-electron chi connectivity index (χ3n) is 1.75. The highest BCUT2D eigenvalue weighted by Crippen LogP contribution is 2.03. The van der Waals surface area contributed by atoms with Crippen molar-refractivity contribution < 1.29 is 14.3 Å². The second-order valence-corrected chi connectivity index (χ2v) is 3.47. The van der Waals surface area contributed by atoms with E-state index in [2.05, 4.69) is 18.6 Å². The standard InChI is InChI=1S/C10H20O3/c1-9(2)5-4-7-13-8-6-10(11)12-3/h9H,4-8H2,1-3H3. The molecule has 0 aliphatic carbocycles. The van der Waals surface area contributed by atoms with Crippen LogP contribution in [0.2, 0.25) is 0 Å². The highest BCUT2D eigenvalue weighted by Gasteiger charge is 1.99. The van der Waals surface area contributed by atoms with Gasteiger partial charge in [-0.25, -0.2) is 0 Å². The molecule has 0 aromatic heterocycles. The first kappa shape index (κ1) is 12.4. The van der Waals surface area contributed by atoms with E-state index in [-0.39, 0.29) is 5.97 Å². The first-order chi connectivity index (χ1) is 6.16. The van der Waals surface area contributed by atoms with Crippen molar-refractivity contribution in [2.24, 2.45) is 5.92 Å². The molecule has 0 saturated carbocycles. The number of carbonyl (C=O) groups is 1. The van der Waals surface area contributed by atoms with Crippen molar-refractivity contribution in [2.75, 3.05) is 20.3 Å². The number of rotatable bonds is 7. The summed E-state index contributed by atoms with van der Waals surface area (Å²) in [7, 11) is 1.39. The molecule has 78 valence electrons. The first-order valence-corrected chi connectivity index (χ1v) is 4.81. The zero-order valence-electron chi connectivity index (χ0n) is 8.84. The van der Waals surface area contributed by atoms with Gasteiger partial charge < -0.3 is 9.47 Å². The van der Waals surface area contributed by atoms with Gasteiger partial charge in [-0.1, -0.05) is 13.8 Å². The summed E-state index contributed by atoms with van der Waals surface area (Å²) in [5.74, 6) is 0.521. The Morgan fingerprint density at radius 1 is 1.31 bits per heavy atom. The average Bonchev–Trinajstić information content (AvgIpc) is 2.10. The maximum atomic E-state index is 10.7. The van der Waals surface area contributed by atoms with E-state index in [1.807, 2.05) is 0 Å². The third-order valence-corrected chi connectivity index (χ3v) is 1.75. The second kappa shape index (κ2) is 8.05. The predicted molar refractivity (Wildman–Crippen MR) is 51.5 cm³/mol. The van der Waals surface area contributed by atoms with Gasteiger partial charge >= 0.3 is 5.97 Å². The van der Waals surface area contributed by atoms with Crippen LogP contribution in [-0.2, 0) is 14.3 Å². The summed E-state index contributed by atoms with van der Waals surface area (Å²) in [5, 5.41) is 0. The highest BCUT2D eigenvalue weighted by atomic mass is 16.5. The number of hydrogen-bond donors (Lipinski definition) is 0. The van der Waals surface area contributed by atoms with Gasteiger partial charge in [0.1, 0.15) is 0 Å². The zero-order valence-corrected chi connectivity index (χ0v) is 8.84. The zero-order chi connectivity index (χ0) is 10.1. The van der Waals surface area contributed by atoms with Gasteiger partial charge in [-0.2, -0.15) is 0 Å². The molecule has 3 heteroatoms. The maximum absolute atomic E-state index is 10.7. The van der Waals surface area contributed by atoms with Gasteiger partial charge in [-0.15, -0.1) is 0 Å². The first-order valence-electron chi connectivity index (χ1n) is 4.81. The maximum Gasteiger partial charge on any atom is 0.307 e. The molecule has 0 aliphatic heterocycles. The van der Waals surface area contributed by atoms with Crippen LogP contribution in [0.4, 0.5) is 0 Å². The summed E-state index contributed by atoms with van der Waals surface area (Å²) < 4.78 is 9.73. The van der Waals surface area contributed by atoms with Crippen LogP contribution in [0.15, 0.2) is 0 Å². The van der Waals surface area contributed by atoms with Crippen LogP contribution in [0.3, 0.4) is 0 Å². The fourth-order valence-electron chi connectivity index (χ4n) is 0.953. The van der Waals surface area contributed by atoms with E-state index in [1.54, 1.807) is 0 Å². The lowest BCUT2D eigenvalue weighted by atomic mass is 10.1. The topological polar surface area (TPSA) is 35.5 Å². The monoisotopic (exact) mass is 188 g/mol. The highest BCUT2D eigenvalue weighted by molar-refractivity contribution is 5.69. The fourth-order valence-corrected chi connectivity index (χ4v) is 0.953. The van der Waals surface area contributed by atoms with E-state index in [1.165, 1.54) is 13.5 Å². The Morgan fingerprint density at radius 3 is 2.54 bits per heavy atom. The molecule has 0 unspecified atom stereocenters. The number of carbonyl (C=O) groups excluding carboxylic acids is 1. The van der Waals surface area contributed by atoms with Crippen molar-refractivity contribution in [1.82, 2.24) is 0 Å². The van der Waals surface area contributed by atoms with E-state index in [4.69, 9.17) is 4.74 Å². The van der Waals surface area contributed by atoms with Gasteiger partial charge in [0.2, 0.25) is 0 Å². The molecule has 0 aromatic carbocycles. The number of hydrogen-bond acceptors (Lipinski definition) is 3. The Hall–Kier alpha value is -0.570. The van der Waals surface area contributed by atoms with E-state index in [0.29, 0.717) is 13.0 Å². The van der Waals surface area contributed by atoms with Gasteiger partial charge in [-0.05, 0) is 18.8 Å². The Balaban J connectivity index is 3.04. The minimum atomic E-state index is -0.205. The lowest BCUT2D eigenvalue weighted by Crippen LogP contribution is -2.06. The number of esters is 1. The smallest absolute Gasteiger partial charge is 0.307 e. The summed E-state index contributed by atoms with van der Waals surface area (Å²) in [6.45, 7) is 5.60. The number of ether oxygens (including phenoxy) is 2. The van der Waals surface area contributed by atoms with E-state index in [0.717, 1.165) is 18.9 Å². The minimum Gasteiger partial charge on any atom is -0.469 e. The molecule has 0 saturated heterocycles. The van der Waals surface area contributed by atoms with Crippen LogP contribution in [0, 0.1) is 5.92 Å². The summed E-state index contributed by atoms with van der Waals surface area (Å²) in [4.78, 5) is 10.7. The SMILES string of the molecule is COC(=O)CCOCCCC(C)C. The lowest BCUT2D eigenvalue weighted by Gasteiger charge is -2.05. The lowest BCUT2D eigenvalue weighted by molar-refractivity contribution is -0.141. The van der Waals surface area contributed by atoms with Gasteiger partial charge in [0.15, 0.2) is 0 Å². The predicted octanol–water partition coefficient (Wildman–Crippen LogP) is 2.00. The Bertz CT molecular complexity index is 132. The van der Waals surface area contributed by atoms with Crippen molar-refractivity contribution in [3.63, 3.8) is 0 Å². The van der Waals surface area contributed by atoms with Gasteiger partial charge in [0, 0.05) is 6.61 Å². The van der Waals surface area contributed by atoms with Crippen molar-refractivity contribution >= 4 is 5.97 Å². The Kier molecular flexibility index (Phi) is 7.69. The van der Waals surface area contributed by atoms with E-state index < -0.39 is 0 Å². The normalized spacial score (nSPS) is 10.5. The van der Waals surface area contributed by atoms with Gasteiger partial charge in [-0.3, -0.25) is 4.79 Å². The largest absolute Gasteiger partial charge is 0.469 e. The molecule has 0 N–H and O–H groups in total. The van der Waals surface area contributed by atoms with Crippen molar-refractivity contribution in [3.05, 3.63) is 0 Å². The molecule has 0 heterocycles. The molecule has 0 fully saturated rings. The van der Waals surface area contributed by atoms with Crippen LogP contribution < -0.4 is 0 Å². The molecule has 0 aromatic rings. The summed E-state index contributed by atoms with van der Waals surface area (Å²) in [6.07, 6.45) is 2.61. The molecule has 0 spiro atoms. The van der Waals surface area contributed by atoms with Crippen LogP contribution in [-0.4, -0.2) is 26.3 Å². The summed E-state index contributed by atoms with van der Waals surface area (Å²) in [6, 6.07) is 0. The fraction of sp³-hybridized carbons (Fsp3) is 0.900. The third kappa shape index (κ3) is 9.34. The molecule has 0 bridgehead atoms. The molecule has 0 aliphatic rings. The molecular formula is C10H20O3. The minimum absolute atomic E-state index is 0.205. The van der Waals surface area contributed by atoms with Crippen LogP contribution in [0.25, 0.3) is 0 Å². The molecule has 0 atom stereocenters. The molecule has 0 amide bonds. The van der Waals surface area contributed by atoms with Crippen molar-refractivity contribution in [3.8, 4) is 0 Å². The van der Waals surface area contributed by atoms with Crippen LogP contribution in [0.5, 0.6) is 0 Å². The summed E-state index contributed by atoms with van der Waals surface area (Å²) >= 11 is 0. The number of methoxy groups -OCH3 is 1. The quantitative estimate of drug-likeness (QED) is 0.453. The Morgan fingerprint density at radius 2 is 2.00 bits per heavy atom. The molecule has 13 heavy (non-hydrogen) atoms. The Labute approximate surface area is 80.4 Å². The molecule has 3 nitrogen and oxygen atoms in total. The van der Waals surface area contributed by atoms with E-state index in [9.17, 15) is 4.79 Å². The van der Waals surface area contributed by atoms with Gasteiger partial charge in [0.05, 0.1) is 20.1 Å². The van der Waals surface area contributed by atoms with Crippen LogP contribution in [0.1, 0.15) is 33.1 Å². The van der Waals surface area contributed by atoms with E-state index >= 15 is 0 Å². The van der Waals surface area contributed by atoms with Crippen molar-refractivity contribution in [1.29, 1.82) is 0 Å². The van der Waals surface area contributed by atoms with Crippen LogP contribution >= 0.6 is 0 Å². The van der Waals surface area contributed by atoms with Crippen molar-refractivity contribution in [2.45, 2.75) is 33.1 Å². The molecule has 0 rings (SSSR count). The molecule has 0 radical (unpaired) electrons. The second-order valence-electron chi connectivity index (χ2n) is 3.47. The van der Waals surface area contributed by atoms with Gasteiger partial charge in [0.25, 0.3) is 0 Å². The molecular weight excluding hydrogens is 168 g/mol. The summed E-state index contributed by atoms with van der Waals surface area (Å²) in [5.41, 5.74) is 0.